The second-order valence-electron chi connectivity index (χ2n) is 4.29. The van der Waals surface area contributed by atoms with Gasteiger partial charge in [-0.15, -0.1) is 0 Å². The number of nitrogens with zero attached hydrogens (tertiary/aromatic N) is 2. The highest BCUT2D eigenvalue weighted by Crippen LogP contribution is 2.47. The summed E-state index contributed by atoms with van der Waals surface area (Å²) in [7, 11) is 0. The zero-order valence-corrected chi connectivity index (χ0v) is 9.60. The van der Waals surface area contributed by atoms with Crippen LogP contribution in [-0.4, -0.2) is 0 Å². The molecule has 1 aromatic rings. The highest BCUT2D eigenvalue weighted by molar-refractivity contribution is 5.34. The summed E-state index contributed by atoms with van der Waals surface area (Å²) < 4.78 is 5.67. The summed E-state index contributed by atoms with van der Waals surface area (Å²) in [6.07, 6.45) is 2.61. The van der Waals surface area contributed by atoms with E-state index in [9.17, 15) is 0 Å². The van der Waals surface area contributed by atoms with Gasteiger partial charge in [0.05, 0.1) is 6.54 Å². The van der Waals surface area contributed by atoms with Crippen LogP contribution in [-0.2, 0) is 6.54 Å². The van der Waals surface area contributed by atoms with Gasteiger partial charge in [0.15, 0.2) is 0 Å². The van der Waals surface area contributed by atoms with Crippen LogP contribution in [0.2, 0.25) is 0 Å². The Morgan fingerprint density at radius 3 is 2.82 bits per heavy atom. The van der Waals surface area contributed by atoms with Crippen LogP contribution in [0.4, 0.5) is 0 Å². The summed E-state index contributed by atoms with van der Waals surface area (Å²) in [5.74, 6) is 3.17. The molecule has 0 radical (unpaired) electrons. The molecule has 0 bridgehead atoms. The van der Waals surface area contributed by atoms with E-state index >= 15 is 0 Å². The maximum Gasteiger partial charge on any atom is 0.145 e. The Hall–Kier alpha value is -2.20. The molecular formula is C13H13N3O. The Morgan fingerprint density at radius 2 is 2.24 bits per heavy atom. The summed E-state index contributed by atoms with van der Waals surface area (Å²) in [4.78, 5) is 0. The first-order chi connectivity index (χ1) is 8.24. The Kier molecular flexibility index (Phi) is 3.16. The standard InChI is InChI=1S/C13H13N3O/c1-9-4-12(9)13-3-2-11(17-13)8-16-7-10(5-14)6-15/h2-3,7,9,12,16H,4,8H2,1H3. The average molecular weight is 227 g/mol. The molecule has 1 saturated carbocycles. The van der Waals surface area contributed by atoms with Crippen molar-refractivity contribution in [1.29, 1.82) is 10.5 Å². The lowest BCUT2D eigenvalue weighted by Gasteiger charge is -1.97. The van der Waals surface area contributed by atoms with E-state index < -0.39 is 0 Å². The van der Waals surface area contributed by atoms with Crippen LogP contribution in [0.1, 0.15) is 30.8 Å². The monoisotopic (exact) mass is 227 g/mol. The summed E-state index contributed by atoms with van der Waals surface area (Å²) >= 11 is 0. The van der Waals surface area contributed by atoms with E-state index in [0.717, 1.165) is 17.4 Å². The molecule has 0 spiro atoms. The second-order valence-corrected chi connectivity index (χ2v) is 4.29. The maximum atomic E-state index is 8.53. The van der Waals surface area contributed by atoms with Crippen molar-refractivity contribution in [2.45, 2.75) is 25.8 Å². The molecule has 0 saturated heterocycles. The van der Waals surface area contributed by atoms with Crippen LogP contribution in [0.15, 0.2) is 28.3 Å². The van der Waals surface area contributed by atoms with Crippen molar-refractivity contribution in [1.82, 2.24) is 5.32 Å². The fraction of sp³-hybridized carbons (Fsp3) is 0.385. The lowest BCUT2D eigenvalue weighted by atomic mass is 10.3. The molecule has 1 heterocycles. The highest BCUT2D eigenvalue weighted by Gasteiger charge is 2.36. The quantitative estimate of drug-likeness (QED) is 0.802. The van der Waals surface area contributed by atoms with Crippen LogP contribution in [0.25, 0.3) is 0 Å². The zero-order chi connectivity index (χ0) is 12.3. The minimum Gasteiger partial charge on any atom is -0.464 e. The third-order valence-corrected chi connectivity index (χ3v) is 2.92. The van der Waals surface area contributed by atoms with E-state index in [2.05, 4.69) is 12.2 Å². The molecular weight excluding hydrogens is 214 g/mol. The van der Waals surface area contributed by atoms with Crippen LogP contribution in [0.3, 0.4) is 0 Å². The molecule has 1 aliphatic carbocycles. The van der Waals surface area contributed by atoms with E-state index in [1.807, 2.05) is 12.1 Å². The normalized spacial score (nSPS) is 21.1. The Balaban J connectivity index is 1.88. The van der Waals surface area contributed by atoms with Crippen molar-refractivity contribution in [2.24, 2.45) is 5.92 Å². The number of hydrogen-bond acceptors (Lipinski definition) is 4. The van der Waals surface area contributed by atoms with Gasteiger partial charge in [-0.05, 0) is 24.5 Å². The SMILES string of the molecule is CC1CC1c1ccc(CNC=C(C#N)C#N)o1. The van der Waals surface area contributed by atoms with Gasteiger partial charge < -0.3 is 9.73 Å². The number of nitrogens with one attached hydrogen (secondary N) is 1. The molecule has 0 aromatic carbocycles. The van der Waals surface area contributed by atoms with Crippen LogP contribution in [0, 0.1) is 28.6 Å². The molecule has 86 valence electrons. The van der Waals surface area contributed by atoms with E-state index in [0.29, 0.717) is 12.5 Å². The Bertz CT molecular complexity index is 500. The van der Waals surface area contributed by atoms with Crippen molar-refractivity contribution in [3.63, 3.8) is 0 Å². The summed E-state index contributed by atoms with van der Waals surface area (Å²) in [6.45, 7) is 2.70. The molecule has 1 N–H and O–H groups in total. The summed E-state index contributed by atoms with van der Waals surface area (Å²) in [6, 6.07) is 7.50. The fourth-order valence-corrected chi connectivity index (χ4v) is 1.75. The van der Waals surface area contributed by atoms with Crippen LogP contribution >= 0.6 is 0 Å². The first kappa shape index (κ1) is 11.3. The van der Waals surface area contributed by atoms with Crippen molar-refractivity contribution in [2.75, 3.05) is 0 Å². The predicted molar refractivity (Wildman–Crippen MR) is 61.4 cm³/mol. The first-order valence-electron chi connectivity index (χ1n) is 5.57. The van der Waals surface area contributed by atoms with Gasteiger partial charge in [0, 0.05) is 12.1 Å². The average Bonchev–Trinajstić information content (AvgIpc) is 2.89. The Labute approximate surface area is 100 Å². The maximum absolute atomic E-state index is 8.53. The number of hydrogen-bond donors (Lipinski definition) is 1. The van der Waals surface area contributed by atoms with Gasteiger partial charge in [-0.25, -0.2) is 0 Å². The molecule has 2 atom stereocenters. The topological polar surface area (TPSA) is 72.8 Å². The van der Waals surface area contributed by atoms with Crippen molar-refractivity contribution < 1.29 is 4.42 Å². The molecule has 0 amide bonds. The predicted octanol–water partition coefficient (Wildman–Crippen LogP) is 2.42. The molecule has 0 aliphatic heterocycles. The first-order valence-corrected chi connectivity index (χ1v) is 5.57. The molecule has 2 rings (SSSR count). The van der Waals surface area contributed by atoms with E-state index in [-0.39, 0.29) is 5.57 Å². The van der Waals surface area contributed by atoms with Crippen LogP contribution in [0.5, 0.6) is 0 Å². The number of furan rings is 1. The van der Waals surface area contributed by atoms with Gasteiger partial charge in [-0.1, -0.05) is 6.92 Å². The molecule has 1 aromatic heterocycles. The highest BCUT2D eigenvalue weighted by atomic mass is 16.3. The van der Waals surface area contributed by atoms with E-state index in [1.54, 1.807) is 12.1 Å². The van der Waals surface area contributed by atoms with E-state index in [4.69, 9.17) is 14.9 Å². The largest absolute Gasteiger partial charge is 0.464 e. The lowest BCUT2D eigenvalue weighted by molar-refractivity contribution is 0.455. The molecule has 4 nitrogen and oxygen atoms in total. The second kappa shape index (κ2) is 4.76. The van der Waals surface area contributed by atoms with Crippen molar-refractivity contribution >= 4 is 0 Å². The van der Waals surface area contributed by atoms with Crippen molar-refractivity contribution in [3.05, 3.63) is 35.4 Å². The summed E-state index contributed by atoms with van der Waals surface area (Å²) in [5, 5.41) is 20.0. The lowest BCUT2D eigenvalue weighted by Crippen LogP contribution is -2.04. The number of nitriles is 2. The summed E-state index contributed by atoms with van der Waals surface area (Å²) in [5.41, 5.74) is 0.0626. The van der Waals surface area contributed by atoms with Gasteiger partial charge in [0.25, 0.3) is 0 Å². The molecule has 1 aliphatic rings. The minimum absolute atomic E-state index is 0.0626. The van der Waals surface area contributed by atoms with Gasteiger partial charge in [-0.3, -0.25) is 0 Å². The van der Waals surface area contributed by atoms with Crippen molar-refractivity contribution in [3.8, 4) is 12.1 Å². The minimum atomic E-state index is 0.0626. The van der Waals surface area contributed by atoms with Crippen LogP contribution < -0.4 is 5.32 Å². The van der Waals surface area contributed by atoms with Gasteiger partial charge in [0.1, 0.15) is 29.2 Å². The van der Waals surface area contributed by atoms with Gasteiger partial charge in [0.2, 0.25) is 0 Å². The molecule has 17 heavy (non-hydrogen) atoms. The van der Waals surface area contributed by atoms with Gasteiger partial charge >= 0.3 is 0 Å². The Morgan fingerprint density at radius 1 is 1.53 bits per heavy atom. The molecule has 4 heteroatoms. The molecule has 2 unspecified atom stereocenters. The van der Waals surface area contributed by atoms with Gasteiger partial charge in [-0.2, -0.15) is 10.5 Å². The third-order valence-electron chi connectivity index (χ3n) is 2.92. The smallest absolute Gasteiger partial charge is 0.145 e. The molecule has 1 fully saturated rings. The zero-order valence-electron chi connectivity index (χ0n) is 9.60. The van der Waals surface area contributed by atoms with E-state index in [1.165, 1.54) is 12.6 Å². The number of rotatable bonds is 4. The fourth-order valence-electron chi connectivity index (χ4n) is 1.75. The third kappa shape index (κ3) is 2.68. The number of allylic oxidation sites excluding steroid dienone is 1.